The van der Waals surface area contributed by atoms with Gasteiger partial charge in [0.05, 0.1) is 11.6 Å². The van der Waals surface area contributed by atoms with E-state index in [1.807, 2.05) is 12.1 Å². The minimum Gasteiger partial charge on any atom is -0.206 e. The summed E-state index contributed by atoms with van der Waals surface area (Å²) in [7, 11) is 0. The van der Waals surface area contributed by atoms with Crippen LogP contribution in [0.1, 0.15) is 51.8 Å². The molecule has 168 valence electrons. The lowest BCUT2D eigenvalue weighted by molar-refractivity contribution is 0.624. The van der Waals surface area contributed by atoms with Gasteiger partial charge in [-0.15, -0.1) is 0 Å². The van der Waals surface area contributed by atoms with E-state index in [2.05, 4.69) is 85.8 Å². The fourth-order valence-corrected chi connectivity index (χ4v) is 4.10. The SMILES string of the molecule is CC(Cc1ccc(CCc2ccc(/C=C/c3ccc(C#N)cc3F)cc2)cc1)c1ccccc1. The van der Waals surface area contributed by atoms with Gasteiger partial charge >= 0.3 is 0 Å². The summed E-state index contributed by atoms with van der Waals surface area (Å²) < 4.78 is 14.0. The molecule has 4 aromatic rings. The van der Waals surface area contributed by atoms with Gasteiger partial charge in [0.1, 0.15) is 5.82 Å². The largest absolute Gasteiger partial charge is 0.206 e. The third kappa shape index (κ3) is 6.30. The molecular formula is C32H28FN. The molecule has 0 spiro atoms. The molecule has 1 atom stereocenters. The second-order valence-corrected chi connectivity index (χ2v) is 8.76. The zero-order chi connectivity index (χ0) is 23.8. The van der Waals surface area contributed by atoms with Crippen LogP contribution in [-0.2, 0) is 19.3 Å². The summed E-state index contributed by atoms with van der Waals surface area (Å²) in [5, 5.41) is 8.85. The molecule has 0 saturated carbocycles. The molecule has 0 bridgehead atoms. The van der Waals surface area contributed by atoms with E-state index in [0.717, 1.165) is 24.8 Å². The standard InChI is InChI=1S/C32H28FN/c1-24(30-5-3-2-4-6-30)21-28-15-13-26(14-16-28)8-7-25-9-11-27(12-10-25)17-19-31-20-18-29(23-34)22-32(31)33/h2-6,9-20,22,24H,7-8,21H2,1H3/b19-17+. The number of hydrogen-bond acceptors (Lipinski definition) is 1. The van der Waals surface area contributed by atoms with Crippen LogP contribution in [-0.4, -0.2) is 0 Å². The van der Waals surface area contributed by atoms with Crippen LogP contribution < -0.4 is 0 Å². The van der Waals surface area contributed by atoms with Crippen molar-refractivity contribution in [3.63, 3.8) is 0 Å². The van der Waals surface area contributed by atoms with Gasteiger partial charge in [-0.25, -0.2) is 4.39 Å². The highest BCUT2D eigenvalue weighted by molar-refractivity contribution is 5.70. The molecule has 0 amide bonds. The molecule has 4 aromatic carbocycles. The summed E-state index contributed by atoms with van der Waals surface area (Å²) in [6.45, 7) is 2.28. The number of nitrogens with zero attached hydrogens (tertiary/aromatic N) is 1. The van der Waals surface area contributed by atoms with Gasteiger partial charge in [-0.1, -0.05) is 104 Å². The monoisotopic (exact) mass is 445 g/mol. The summed E-state index contributed by atoms with van der Waals surface area (Å²) in [5.74, 6) is 0.125. The van der Waals surface area contributed by atoms with E-state index in [-0.39, 0.29) is 5.82 Å². The molecule has 34 heavy (non-hydrogen) atoms. The van der Waals surface area contributed by atoms with E-state index in [1.165, 1.54) is 28.3 Å². The fraction of sp³-hybridized carbons (Fsp3) is 0.156. The minimum atomic E-state index is -0.382. The summed E-state index contributed by atoms with van der Waals surface area (Å²) in [4.78, 5) is 0. The van der Waals surface area contributed by atoms with Crippen LogP contribution in [0.5, 0.6) is 0 Å². The zero-order valence-corrected chi connectivity index (χ0v) is 19.4. The number of aryl methyl sites for hydroxylation is 2. The Morgan fingerprint density at radius 2 is 1.38 bits per heavy atom. The van der Waals surface area contributed by atoms with Gasteiger partial charge in [0.25, 0.3) is 0 Å². The maximum absolute atomic E-state index is 14.0. The fourth-order valence-electron chi connectivity index (χ4n) is 4.10. The smallest absolute Gasteiger partial charge is 0.131 e. The van der Waals surface area contributed by atoms with Gasteiger partial charge < -0.3 is 0 Å². The molecule has 4 rings (SSSR count). The van der Waals surface area contributed by atoms with Crippen LogP contribution in [0.2, 0.25) is 0 Å². The number of hydrogen-bond donors (Lipinski definition) is 0. The van der Waals surface area contributed by atoms with Gasteiger partial charge in [0, 0.05) is 5.56 Å². The van der Waals surface area contributed by atoms with Crippen molar-refractivity contribution >= 4 is 12.2 Å². The summed E-state index contributed by atoms with van der Waals surface area (Å²) in [6.07, 6.45) is 6.66. The Morgan fingerprint density at radius 3 is 2.00 bits per heavy atom. The maximum Gasteiger partial charge on any atom is 0.131 e. The predicted molar refractivity (Wildman–Crippen MR) is 139 cm³/mol. The summed E-state index contributed by atoms with van der Waals surface area (Å²) in [6, 6.07) is 34.5. The topological polar surface area (TPSA) is 23.8 Å². The number of benzene rings is 4. The van der Waals surface area contributed by atoms with E-state index in [9.17, 15) is 4.39 Å². The quantitative estimate of drug-likeness (QED) is 0.252. The second-order valence-electron chi connectivity index (χ2n) is 8.76. The second kappa shape index (κ2) is 11.3. The molecule has 0 aliphatic carbocycles. The van der Waals surface area contributed by atoms with Crippen molar-refractivity contribution in [2.24, 2.45) is 0 Å². The van der Waals surface area contributed by atoms with Crippen LogP contribution in [0.3, 0.4) is 0 Å². The van der Waals surface area contributed by atoms with E-state index in [4.69, 9.17) is 5.26 Å². The van der Waals surface area contributed by atoms with E-state index in [0.29, 0.717) is 17.0 Å². The summed E-state index contributed by atoms with van der Waals surface area (Å²) in [5.41, 5.74) is 7.20. The molecule has 0 aliphatic rings. The molecule has 1 nitrogen and oxygen atoms in total. The molecule has 0 fully saturated rings. The highest BCUT2D eigenvalue weighted by Gasteiger charge is 2.06. The van der Waals surface area contributed by atoms with Gasteiger partial charge in [-0.2, -0.15) is 5.26 Å². The van der Waals surface area contributed by atoms with Crippen LogP contribution in [0, 0.1) is 17.1 Å². The van der Waals surface area contributed by atoms with Crippen LogP contribution in [0.15, 0.2) is 97.1 Å². The molecule has 1 unspecified atom stereocenters. The summed E-state index contributed by atoms with van der Waals surface area (Å²) >= 11 is 0. The highest BCUT2D eigenvalue weighted by Crippen LogP contribution is 2.21. The van der Waals surface area contributed by atoms with Gasteiger partial charge in [0.15, 0.2) is 0 Å². The first-order valence-electron chi connectivity index (χ1n) is 11.7. The van der Waals surface area contributed by atoms with E-state index >= 15 is 0 Å². The lowest BCUT2D eigenvalue weighted by atomic mass is 9.93. The van der Waals surface area contributed by atoms with Gasteiger partial charge in [0.2, 0.25) is 0 Å². The van der Waals surface area contributed by atoms with Crippen molar-refractivity contribution in [2.45, 2.75) is 32.1 Å². The molecule has 0 radical (unpaired) electrons. The minimum absolute atomic E-state index is 0.329. The third-order valence-corrected chi connectivity index (χ3v) is 6.20. The zero-order valence-electron chi connectivity index (χ0n) is 19.4. The highest BCUT2D eigenvalue weighted by atomic mass is 19.1. The van der Waals surface area contributed by atoms with E-state index in [1.54, 1.807) is 18.2 Å². The van der Waals surface area contributed by atoms with Crippen LogP contribution in [0.25, 0.3) is 12.2 Å². The molecule has 0 aromatic heterocycles. The molecule has 0 saturated heterocycles. The Hall–Kier alpha value is -3.96. The molecule has 0 N–H and O–H groups in total. The van der Waals surface area contributed by atoms with Crippen molar-refractivity contribution in [2.75, 3.05) is 0 Å². The average Bonchev–Trinajstić information content (AvgIpc) is 2.88. The van der Waals surface area contributed by atoms with Crippen molar-refractivity contribution in [3.8, 4) is 6.07 Å². The lowest BCUT2D eigenvalue weighted by Crippen LogP contribution is -1.99. The van der Waals surface area contributed by atoms with Crippen LogP contribution >= 0.6 is 0 Å². The lowest BCUT2D eigenvalue weighted by Gasteiger charge is -2.12. The molecule has 0 aliphatic heterocycles. The Labute approximate surface area is 201 Å². The molecule has 2 heteroatoms. The Balaban J connectivity index is 1.30. The first kappa shape index (κ1) is 23.2. The van der Waals surface area contributed by atoms with Crippen molar-refractivity contribution in [1.82, 2.24) is 0 Å². The molecular weight excluding hydrogens is 417 g/mol. The number of nitriles is 1. The Morgan fingerprint density at radius 1 is 0.765 bits per heavy atom. The number of rotatable bonds is 8. The normalized spacial score (nSPS) is 11.9. The van der Waals surface area contributed by atoms with Gasteiger partial charge in [-0.05, 0) is 65.1 Å². The van der Waals surface area contributed by atoms with Gasteiger partial charge in [-0.3, -0.25) is 0 Å². The van der Waals surface area contributed by atoms with Crippen molar-refractivity contribution in [3.05, 3.63) is 142 Å². The maximum atomic E-state index is 14.0. The molecule has 0 heterocycles. The van der Waals surface area contributed by atoms with Crippen LogP contribution in [0.4, 0.5) is 4.39 Å². The number of halogens is 1. The van der Waals surface area contributed by atoms with Crippen molar-refractivity contribution < 1.29 is 4.39 Å². The predicted octanol–water partition coefficient (Wildman–Crippen LogP) is 8.00. The first-order valence-corrected chi connectivity index (χ1v) is 11.7. The Kier molecular flexibility index (Phi) is 7.68. The third-order valence-electron chi connectivity index (χ3n) is 6.20. The van der Waals surface area contributed by atoms with E-state index < -0.39 is 0 Å². The Bertz CT molecular complexity index is 1280. The average molecular weight is 446 g/mol. The van der Waals surface area contributed by atoms with Crippen molar-refractivity contribution in [1.29, 1.82) is 5.26 Å². The first-order chi connectivity index (χ1) is 16.6.